The van der Waals surface area contributed by atoms with Crippen LogP contribution in [-0.4, -0.2) is 54.9 Å². The summed E-state index contributed by atoms with van der Waals surface area (Å²) in [4.78, 5) is 24.7. The summed E-state index contributed by atoms with van der Waals surface area (Å²) in [7, 11) is 1.22. The number of hydrogen-bond donors (Lipinski definition) is 2. The zero-order valence-electron chi connectivity index (χ0n) is 10.3. The Hall–Kier alpha value is -1.30. The van der Waals surface area contributed by atoms with Gasteiger partial charge in [-0.15, -0.1) is 0 Å². The standard InChI is InChI=1S/C11H20N2O4/c1-8-4-3-5-13(6-8)11(16)12-9(7-14)10(15)17-2/h8-9,14H,3-7H2,1-2H3,(H,12,16). The Labute approximate surface area is 101 Å². The number of ether oxygens (including phenoxy) is 1. The predicted octanol–water partition coefficient (Wildman–Crippen LogP) is -0.0382. The fourth-order valence-corrected chi connectivity index (χ4v) is 1.94. The lowest BCUT2D eigenvalue weighted by molar-refractivity contribution is -0.143. The van der Waals surface area contributed by atoms with Crippen molar-refractivity contribution < 1.29 is 19.4 Å². The maximum absolute atomic E-state index is 11.8. The summed E-state index contributed by atoms with van der Waals surface area (Å²) in [6.45, 7) is 3.01. The van der Waals surface area contributed by atoms with Gasteiger partial charge in [0.25, 0.3) is 0 Å². The monoisotopic (exact) mass is 244 g/mol. The zero-order chi connectivity index (χ0) is 12.8. The molecular weight excluding hydrogens is 224 g/mol. The highest BCUT2D eigenvalue weighted by Crippen LogP contribution is 2.15. The number of carbonyl (C=O) groups is 2. The number of urea groups is 1. The third kappa shape index (κ3) is 3.89. The Morgan fingerprint density at radius 1 is 1.59 bits per heavy atom. The quantitative estimate of drug-likeness (QED) is 0.683. The third-order valence-electron chi connectivity index (χ3n) is 2.91. The highest BCUT2D eigenvalue weighted by atomic mass is 16.5. The molecule has 17 heavy (non-hydrogen) atoms. The van der Waals surface area contributed by atoms with E-state index in [4.69, 9.17) is 5.11 Å². The summed E-state index contributed by atoms with van der Waals surface area (Å²) in [5, 5.41) is 11.5. The molecule has 2 atom stereocenters. The molecule has 1 aliphatic rings. The first-order valence-electron chi connectivity index (χ1n) is 5.82. The average molecular weight is 244 g/mol. The maximum Gasteiger partial charge on any atom is 0.330 e. The summed E-state index contributed by atoms with van der Waals surface area (Å²) in [6.07, 6.45) is 2.08. The van der Waals surface area contributed by atoms with Gasteiger partial charge in [-0.2, -0.15) is 0 Å². The molecule has 1 heterocycles. The number of hydrogen-bond acceptors (Lipinski definition) is 4. The molecular formula is C11H20N2O4. The van der Waals surface area contributed by atoms with Crippen LogP contribution in [0.2, 0.25) is 0 Å². The van der Waals surface area contributed by atoms with Gasteiger partial charge in [0.2, 0.25) is 0 Å². The number of piperidine rings is 1. The SMILES string of the molecule is COC(=O)C(CO)NC(=O)N1CCCC(C)C1. The van der Waals surface area contributed by atoms with Crippen LogP contribution < -0.4 is 5.32 Å². The van der Waals surface area contributed by atoms with Crippen molar-refractivity contribution in [3.63, 3.8) is 0 Å². The number of esters is 1. The van der Waals surface area contributed by atoms with E-state index in [9.17, 15) is 9.59 Å². The molecule has 0 saturated carbocycles. The van der Waals surface area contributed by atoms with Gasteiger partial charge in [0.1, 0.15) is 0 Å². The van der Waals surface area contributed by atoms with Crippen LogP contribution >= 0.6 is 0 Å². The van der Waals surface area contributed by atoms with Crippen LogP contribution in [0.4, 0.5) is 4.79 Å². The lowest BCUT2D eigenvalue weighted by Crippen LogP contribution is -2.52. The molecule has 2 N–H and O–H groups in total. The fourth-order valence-electron chi connectivity index (χ4n) is 1.94. The third-order valence-corrected chi connectivity index (χ3v) is 2.91. The first kappa shape index (κ1) is 13.8. The summed E-state index contributed by atoms with van der Waals surface area (Å²) in [6, 6.07) is -1.30. The van der Waals surface area contributed by atoms with Crippen LogP contribution in [0.3, 0.4) is 0 Å². The second kappa shape index (κ2) is 6.44. The molecule has 6 heteroatoms. The van der Waals surface area contributed by atoms with E-state index in [2.05, 4.69) is 17.0 Å². The van der Waals surface area contributed by atoms with E-state index in [0.717, 1.165) is 12.8 Å². The first-order valence-corrected chi connectivity index (χ1v) is 5.82. The van der Waals surface area contributed by atoms with Gasteiger partial charge in [-0.05, 0) is 18.8 Å². The van der Waals surface area contributed by atoms with Crippen molar-refractivity contribution >= 4 is 12.0 Å². The molecule has 0 aromatic rings. The molecule has 0 aromatic heterocycles. The van der Waals surface area contributed by atoms with Crippen LogP contribution in [0.5, 0.6) is 0 Å². The van der Waals surface area contributed by atoms with Crippen molar-refractivity contribution in [3.8, 4) is 0 Å². The smallest absolute Gasteiger partial charge is 0.330 e. The van der Waals surface area contributed by atoms with E-state index in [1.54, 1.807) is 4.90 Å². The number of nitrogens with zero attached hydrogens (tertiary/aromatic N) is 1. The number of amides is 2. The number of aliphatic hydroxyl groups excluding tert-OH is 1. The highest BCUT2D eigenvalue weighted by Gasteiger charge is 2.26. The second-order valence-electron chi connectivity index (χ2n) is 4.40. The van der Waals surface area contributed by atoms with E-state index in [1.165, 1.54) is 7.11 Å². The molecule has 2 amide bonds. The van der Waals surface area contributed by atoms with E-state index in [0.29, 0.717) is 19.0 Å². The lowest BCUT2D eigenvalue weighted by atomic mass is 10.0. The van der Waals surface area contributed by atoms with Crippen molar-refractivity contribution in [1.82, 2.24) is 10.2 Å². The van der Waals surface area contributed by atoms with E-state index < -0.39 is 18.6 Å². The van der Waals surface area contributed by atoms with Crippen molar-refractivity contribution in [2.45, 2.75) is 25.8 Å². The summed E-state index contributed by atoms with van der Waals surface area (Å²) in [5.41, 5.74) is 0. The Bertz CT molecular complexity index is 283. The topological polar surface area (TPSA) is 78.9 Å². The van der Waals surface area contributed by atoms with Gasteiger partial charge in [0, 0.05) is 13.1 Å². The molecule has 1 aliphatic heterocycles. The Balaban J connectivity index is 2.49. The van der Waals surface area contributed by atoms with Crippen molar-refractivity contribution in [2.75, 3.05) is 26.8 Å². The Kier molecular flexibility index (Phi) is 5.21. The predicted molar refractivity (Wildman–Crippen MR) is 61.4 cm³/mol. The largest absolute Gasteiger partial charge is 0.467 e. The molecule has 1 fully saturated rings. The molecule has 6 nitrogen and oxygen atoms in total. The minimum Gasteiger partial charge on any atom is -0.467 e. The molecule has 1 rings (SSSR count). The van der Waals surface area contributed by atoms with Crippen molar-refractivity contribution in [1.29, 1.82) is 0 Å². The molecule has 1 saturated heterocycles. The molecule has 0 bridgehead atoms. The van der Waals surface area contributed by atoms with Gasteiger partial charge >= 0.3 is 12.0 Å². The fraction of sp³-hybridized carbons (Fsp3) is 0.818. The van der Waals surface area contributed by atoms with Gasteiger partial charge in [-0.1, -0.05) is 6.92 Å². The summed E-state index contributed by atoms with van der Waals surface area (Å²) >= 11 is 0. The molecule has 98 valence electrons. The maximum atomic E-state index is 11.8. The number of likely N-dealkylation sites (tertiary alicyclic amines) is 1. The lowest BCUT2D eigenvalue weighted by Gasteiger charge is -2.31. The van der Waals surface area contributed by atoms with Crippen molar-refractivity contribution in [2.24, 2.45) is 5.92 Å². The Morgan fingerprint density at radius 2 is 2.29 bits per heavy atom. The first-order chi connectivity index (χ1) is 8.08. The summed E-state index contributed by atoms with van der Waals surface area (Å²) in [5.74, 6) is -0.161. The number of nitrogens with one attached hydrogen (secondary N) is 1. The zero-order valence-corrected chi connectivity index (χ0v) is 10.3. The minimum atomic E-state index is -0.982. The van der Waals surface area contributed by atoms with E-state index in [1.807, 2.05) is 0 Å². The van der Waals surface area contributed by atoms with Gasteiger partial charge in [-0.3, -0.25) is 0 Å². The molecule has 0 spiro atoms. The number of aliphatic hydroxyl groups is 1. The molecule has 2 unspecified atom stereocenters. The normalized spacial score (nSPS) is 21.8. The van der Waals surface area contributed by atoms with Gasteiger partial charge in [0.15, 0.2) is 6.04 Å². The average Bonchev–Trinajstić information content (AvgIpc) is 2.34. The number of rotatable bonds is 3. The van der Waals surface area contributed by atoms with E-state index >= 15 is 0 Å². The molecule has 0 aliphatic carbocycles. The van der Waals surface area contributed by atoms with Crippen LogP contribution in [0.15, 0.2) is 0 Å². The van der Waals surface area contributed by atoms with Crippen LogP contribution in [0, 0.1) is 5.92 Å². The highest BCUT2D eigenvalue weighted by molar-refractivity contribution is 5.83. The number of carbonyl (C=O) groups excluding carboxylic acids is 2. The van der Waals surface area contributed by atoms with Gasteiger partial charge in [0.05, 0.1) is 13.7 Å². The molecule has 0 aromatic carbocycles. The second-order valence-corrected chi connectivity index (χ2v) is 4.40. The van der Waals surface area contributed by atoms with Gasteiger partial charge in [-0.25, -0.2) is 9.59 Å². The summed E-state index contributed by atoms with van der Waals surface area (Å²) < 4.78 is 4.48. The van der Waals surface area contributed by atoms with E-state index in [-0.39, 0.29) is 6.03 Å². The number of methoxy groups -OCH3 is 1. The minimum absolute atomic E-state index is 0.319. The molecule has 0 radical (unpaired) electrons. The van der Waals surface area contributed by atoms with Crippen molar-refractivity contribution in [3.05, 3.63) is 0 Å². The van der Waals surface area contributed by atoms with Gasteiger partial charge < -0.3 is 20.1 Å². The van der Waals surface area contributed by atoms with Crippen LogP contribution in [0.1, 0.15) is 19.8 Å². The Morgan fingerprint density at radius 3 is 2.82 bits per heavy atom. The van der Waals surface area contributed by atoms with Crippen LogP contribution in [0.25, 0.3) is 0 Å². The van der Waals surface area contributed by atoms with Crippen LogP contribution in [-0.2, 0) is 9.53 Å².